The van der Waals surface area contributed by atoms with Crippen molar-refractivity contribution in [3.05, 3.63) is 57.1 Å². The molecule has 0 atom stereocenters. The predicted molar refractivity (Wildman–Crippen MR) is 104 cm³/mol. The van der Waals surface area contributed by atoms with E-state index in [1.54, 1.807) is 24.3 Å². The van der Waals surface area contributed by atoms with Gasteiger partial charge in [-0.05, 0) is 49.5 Å². The number of phenols is 1. The van der Waals surface area contributed by atoms with Crippen molar-refractivity contribution in [1.82, 2.24) is 5.43 Å². The molecule has 0 spiro atoms. The molecule has 0 heterocycles. The van der Waals surface area contributed by atoms with Gasteiger partial charge in [-0.1, -0.05) is 11.6 Å². The summed E-state index contributed by atoms with van der Waals surface area (Å²) in [5.41, 5.74) is 2.85. The number of thiocarbonyl (C=S) groups is 1. The lowest BCUT2D eigenvalue weighted by Crippen LogP contribution is -2.23. The molecule has 0 aromatic heterocycles. The molecule has 0 aliphatic heterocycles. The lowest BCUT2D eigenvalue weighted by Gasteiger charge is -2.08. The van der Waals surface area contributed by atoms with Gasteiger partial charge in [-0.3, -0.25) is 15.5 Å². The van der Waals surface area contributed by atoms with Crippen LogP contribution in [0.15, 0.2) is 41.5 Å². The van der Waals surface area contributed by atoms with E-state index in [0.717, 1.165) is 17.5 Å². The topological polar surface area (TPSA) is 109 Å². The van der Waals surface area contributed by atoms with E-state index in [-0.39, 0.29) is 15.7 Å². The number of anilines is 1. The number of ether oxygens (including phenoxy) is 1. The van der Waals surface area contributed by atoms with Crippen molar-refractivity contribution < 1.29 is 14.8 Å². The molecular formula is C16H15ClN4O4S. The standard InChI is InChI=1S/C16H15ClN4O4S/c1-2-25-13-5-3-12(4-6-13)19-16(26)20-18-9-10-7-11(17)8-14(15(10)22)21(23)24/h3-9,22H,2H2,1H3,(H2,19,20,26)/b18-9+. The van der Waals surface area contributed by atoms with Gasteiger partial charge >= 0.3 is 5.69 Å². The van der Waals surface area contributed by atoms with Crippen LogP contribution in [-0.2, 0) is 0 Å². The third-order valence-electron chi connectivity index (χ3n) is 3.07. The number of hydrogen-bond donors (Lipinski definition) is 3. The minimum atomic E-state index is -0.732. The number of hydrazone groups is 1. The molecular weight excluding hydrogens is 380 g/mol. The van der Waals surface area contributed by atoms with Gasteiger partial charge in [0.2, 0.25) is 5.75 Å². The van der Waals surface area contributed by atoms with E-state index < -0.39 is 16.4 Å². The van der Waals surface area contributed by atoms with Crippen LogP contribution in [-0.4, -0.2) is 28.0 Å². The van der Waals surface area contributed by atoms with Crippen LogP contribution in [0.25, 0.3) is 0 Å². The largest absolute Gasteiger partial charge is 0.502 e. The molecule has 0 saturated heterocycles. The summed E-state index contributed by atoms with van der Waals surface area (Å²) in [7, 11) is 0. The molecule has 2 rings (SSSR count). The number of benzene rings is 2. The van der Waals surface area contributed by atoms with Crippen molar-refractivity contribution >= 4 is 46.5 Å². The van der Waals surface area contributed by atoms with Crippen LogP contribution < -0.4 is 15.5 Å². The second-order valence-corrected chi connectivity index (χ2v) is 5.75. The Morgan fingerprint density at radius 2 is 2.12 bits per heavy atom. The lowest BCUT2D eigenvalue weighted by atomic mass is 10.2. The van der Waals surface area contributed by atoms with Gasteiger partial charge in [-0.2, -0.15) is 5.10 Å². The Kier molecular flexibility index (Phi) is 6.70. The summed E-state index contributed by atoms with van der Waals surface area (Å²) >= 11 is 10.9. The first-order valence-corrected chi connectivity index (χ1v) is 8.19. The summed E-state index contributed by atoms with van der Waals surface area (Å²) < 4.78 is 5.34. The molecule has 0 unspecified atom stereocenters. The third kappa shape index (κ3) is 5.30. The fourth-order valence-electron chi connectivity index (χ4n) is 1.96. The van der Waals surface area contributed by atoms with Crippen molar-refractivity contribution in [3.63, 3.8) is 0 Å². The fourth-order valence-corrected chi connectivity index (χ4v) is 2.36. The van der Waals surface area contributed by atoms with Crippen LogP contribution in [0.5, 0.6) is 11.5 Å². The van der Waals surface area contributed by atoms with Gasteiger partial charge in [0.15, 0.2) is 5.11 Å². The second kappa shape index (κ2) is 8.97. The Labute approximate surface area is 159 Å². The maximum atomic E-state index is 10.9. The van der Waals surface area contributed by atoms with Gasteiger partial charge in [0, 0.05) is 22.3 Å². The smallest absolute Gasteiger partial charge is 0.312 e. The summed E-state index contributed by atoms with van der Waals surface area (Å²) in [5, 5.41) is 27.8. The van der Waals surface area contributed by atoms with E-state index in [0.29, 0.717) is 6.61 Å². The summed E-state index contributed by atoms with van der Waals surface area (Å²) in [4.78, 5) is 10.1. The first-order chi connectivity index (χ1) is 12.4. The summed E-state index contributed by atoms with van der Waals surface area (Å²) in [6.07, 6.45) is 1.18. The Morgan fingerprint density at radius 1 is 1.42 bits per heavy atom. The maximum Gasteiger partial charge on any atom is 0.312 e. The highest BCUT2D eigenvalue weighted by Gasteiger charge is 2.17. The number of phenolic OH excluding ortho intramolecular Hbond substituents is 1. The number of rotatable bonds is 6. The molecule has 2 aromatic carbocycles. The molecule has 10 heteroatoms. The maximum absolute atomic E-state index is 10.9. The lowest BCUT2D eigenvalue weighted by molar-refractivity contribution is -0.385. The number of hydrogen-bond acceptors (Lipinski definition) is 6. The SMILES string of the molecule is CCOc1ccc(NC(=S)N/N=C/c2cc(Cl)cc([N+](=O)[O-])c2O)cc1. The summed E-state index contributed by atoms with van der Waals surface area (Å²) in [6.45, 7) is 2.48. The minimum Gasteiger partial charge on any atom is -0.502 e. The predicted octanol–water partition coefficient (Wildman–Crippen LogP) is 3.67. The average molecular weight is 395 g/mol. The zero-order chi connectivity index (χ0) is 19.1. The first-order valence-electron chi connectivity index (χ1n) is 7.40. The highest BCUT2D eigenvalue weighted by molar-refractivity contribution is 7.80. The molecule has 26 heavy (non-hydrogen) atoms. The molecule has 0 aliphatic rings. The molecule has 0 aliphatic carbocycles. The van der Waals surface area contributed by atoms with E-state index in [1.165, 1.54) is 12.3 Å². The number of aromatic hydroxyl groups is 1. The van der Waals surface area contributed by atoms with E-state index >= 15 is 0 Å². The molecule has 136 valence electrons. The number of nitro groups is 1. The van der Waals surface area contributed by atoms with E-state index in [1.807, 2.05) is 6.92 Å². The van der Waals surface area contributed by atoms with Gasteiger partial charge in [-0.25, -0.2) is 0 Å². The molecule has 2 aromatic rings. The Balaban J connectivity index is 1.99. The molecule has 8 nitrogen and oxygen atoms in total. The van der Waals surface area contributed by atoms with Gasteiger partial charge in [-0.15, -0.1) is 0 Å². The Hall–Kier alpha value is -2.91. The average Bonchev–Trinajstić information content (AvgIpc) is 2.59. The first kappa shape index (κ1) is 19.4. The Morgan fingerprint density at radius 3 is 2.73 bits per heavy atom. The van der Waals surface area contributed by atoms with Gasteiger partial charge < -0.3 is 15.2 Å². The van der Waals surface area contributed by atoms with Crippen LogP contribution in [0, 0.1) is 10.1 Å². The number of nitrogens with one attached hydrogen (secondary N) is 2. The number of halogens is 1. The van der Waals surface area contributed by atoms with Crippen molar-refractivity contribution in [1.29, 1.82) is 0 Å². The number of nitrogens with zero attached hydrogens (tertiary/aromatic N) is 2. The van der Waals surface area contributed by atoms with Crippen molar-refractivity contribution in [2.24, 2.45) is 5.10 Å². The minimum absolute atomic E-state index is 0.0839. The Bertz CT molecular complexity index is 843. The zero-order valence-electron chi connectivity index (χ0n) is 13.6. The molecule has 0 bridgehead atoms. The molecule has 0 amide bonds. The molecule has 0 fully saturated rings. The van der Waals surface area contributed by atoms with E-state index in [9.17, 15) is 15.2 Å². The van der Waals surface area contributed by atoms with E-state index in [2.05, 4.69) is 15.8 Å². The van der Waals surface area contributed by atoms with Crippen LogP contribution in [0.3, 0.4) is 0 Å². The van der Waals surface area contributed by atoms with Crippen LogP contribution >= 0.6 is 23.8 Å². The molecule has 3 N–H and O–H groups in total. The molecule has 0 radical (unpaired) electrons. The van der Waals surface area contributed by atoms with Crippen LogP contribution in [0.1, 0.15) is 12.5 Å². The van der Waals surface area contributed by atoms with Crippen molar-refractivity contribution in [2.45, 2.75) is 6.92 Å². The van der Waals surface area contributed by atoms with Gasteiger partial charge in [0.1, 0.15) is 5.75 Å². The van der Waals surface area contributed by atoms with Crippen LogP contribution in [0.4, 0.5) is 11.4 Å². The van der Waals surface area contributed by atoms with Crippen molar-refractivity contribution in [3.8, 4) is 11.5 Å². The van der Waals surface area contributed by atoms with Gasteiger partial charge in [0.05, 0.1) is 17.7 Å². The zero-order valence-corrected chi connectivity index (χ0v) is 15.2. The summed E-state index contributed by atoms with van der Waals surface area (Å²) in [6, 6.07) is 9.56. The third-order valence-corrected chi connectivity index (χ3v) is 3.49. The second-order valence-electron chi connectivity index (χ2n) is 4.90. The highest BCUT2D eigenvalue weighted by atomic mass is 35.5. The summed E-state index contributed by atoms with van der Waals surface area (Å²) in [5.74, 6) is 0.211. The fraction of sp³-hybridized carbons (Fsp3) is 0.125. The number of nitro benzene ring substituents is 1. The van der Waals surface area contributed by atoms with Crippen LogP contribution in [0.2, 0.25) is 5.02 Å². The van der Waals surface area contributed by atoms with E-state index in [4.69, 9.17) is 28.6 Å². The van der Waals surface area contributed by atoms with Gasteiger partial charge in [0.25, 0.3) is 0 Å². The normalized spacial score (nSPS) is 10.5. The highest BCUT2D eigenvalue weighted by Crippen LogP contribution is 2.32. The molecule has 0 saturated carbocycles. The monoisotopic (exact) mass is 394 g/mol. The van der Waals surface area contributed by atoms with Crippen molar-refractivity contribution in [2.75, 3.05) is 11.9 Å². The quantitative estimate of drug-likeness (QED) is 0.297.